The fourth-order valence-corrected chi connectivity index (χ4v) is 0. The molecule has 1 radical (unpaired) electrons. The predicted octanol–water partition coefficient (Wildman–Crippen LogP) is -1.42. The number of hydrogen-bond donors (Lipinski definition) is 0. The van der Waals surface area contributed by atoms with E-state index in [0.29, 0.717) is 0 Å². The molecule has 0 aromatic rings. The summed E-state index contributed by atoms with van der Waals surface area (Å²) in [5.74, 6) is 0. The molecule has 0 aliphatic heterocycles. The Balaban J connectivity index is 0. The summed E-state index contributed by atoms with van der Waals surface area (Å²) in [5, 5.41) is 0. The van der Waals surface area contributed by atoms with E-state index in [9.17, 15) is 0 Å². The molecular formula is AgClI2-. The normalized spacial score (nSPS) is 5.50. The van der Waals surface area contributed by atoms with Crippen LogP contribution in [-0.4, -0.2) is 0 Å². The van der Waals surface area contributed by atoms with Crippen LogP contribution >= 0.6 is 27.5 Å². The maximum absolute atomic E-state index is 5.10. The second-order valence-corrected chi connectivity index (χ2v) is 7.29. The van der Waals surface area contributed by atoms with Crippen LogP contribution in [0.4, 0.5) is 0 Å². The van der Waals surface area contributed by atoms with Gasteiger partial charge in [-0.1, -0.05) is 0 Å². The molecule has 0 aliphatic carbocycles. The Hall–Kier alpha value is 2.49. The molecule has 33 valence electrons. The molecule has 0 N–H and O–H groups in total. The van der Waals surface area contributed by atoms with E-state index in [1.54, 1.807) is 0 Å². The number of hydrogen-bond acceptors (Lipinski definition) is 0. The van der Waals surface area contributed by atoms with Gasteiger partial charge in [-0.05, 0) is 0 Å². The third-order valence-corrected chi connectivity index (χ3v) is 0. The fraction of sp³-hybridized carbons (Fsp3) is 0. The molecule has 0 nitrogen and oxygen atoms in total. The van der Waals surface area contributed by atoms with Gasteiger partial charge in [0.25, 0.3) is 0 Å². The molecule has 0 bridgehead atoms. The van der Waals surface area contributed by atoms with Crippen molar-refractivity contribution in [2.75, 3.05) is 0 Å². The van der Waals surface area contributed by atoms with Crippen molar-refractivity contribution in [1.82, 2.24) is 0 Å². The minimum Gasteiger partial charge on any atom is 0 e. The molecule has 0 heterocycles. The molecule has 0 aromatic heterocycles. The first-order valence-corrected chi connectivity index (χ1v) is 9.30. The first-order valence-electron chi connectivity index (χ1n) is 0.286. The van der Waals surface area contributed by atoms with E-state index in [2.05, 4.69) is 18.6 Å². The third kappa shape index (κ3) is 8.82. The smallest absolute Gasteiger partial charge is 0 e. The molecule has 4 heavy (non-hydrogen) atoms. The Morgan fingerprint density at radius 3 is 1.75 bits per heavy atom. The molecule has 0 aromatic carbocycles. The molecule has 4 heteroatoms. The van der Waals surface area contributed by atoms with E-state index in [4.69, 9.17) is 8.91 Å². The minimum atomic E-state index is 0. The van der Waals surface area contributed by atoms with Crippen LogP contribution in [0.5, 0.6) is 0 Å². The van der Waals surface area contributed by atoms with Crippen LogP contribution in [0.2, 0.25) is 0 Å². The van der Waals surface area contributed by atoms with Gasteiger partial charge in [0.2, 0.25) is 0 Å². The van der Waals surface area contributed by atoms with Crippen LogP contribution in [0.3, 0.4) is 0 Å². The molecule has 0 atom stereocenters. The van der Waals surface area contributed by atoms with Crippen molar-refractivity contribution in [3.63, 3.8) is 0 Å². The molecule has 0 fully saturated rings. The van der Waals surface area contributed by atoms with Gasteiger partial charge in [0, 0.05) is 22.4 Å². The summed E-state index contributed by atoms with van der Waals surface area (Å²) >= 11 is 2.20. The van der Waals surface area contributed by atoms with Gasteiger partial charge < -0.3 is 0 Å². The van der Waals surface area contributed by atoms with Gasteiger partial charge in [0.05, 0.1) is 0 Å². The molecule has 0 spiro atoms. The summed E-state index contributed by atoms with van der Waals surface area (Å²) in [7, 11) is 5.10. The largest absolute Gasteiger partial charge is 0 e. The second kappa shape index (κ2) is 9.09. The van der Waals surface area contributed by atoms with Crippen LogP contribution in [0.1, 0.15) is 0 Å². The third-order valence-electron chi connectivity index (χ3n) is 0. The van der Waals surface area contributed by atoms with Gasteiger partial charge in [-0.15, -0.1) is 0 Å². The quantitative estimate of drug-likeness (QED) is 0.348. The number of rotatable bonds is 0. The van der Waals surface area contributed by atoms with E-state index in [-0.39, 0.29) is 38.5 Å². The predicted molar refractivity (Wildman–Crippen MR) is 19.9 cm³/mol. The summed E-state index contributed by atoms with van der Waals surface area (Å²) in [6, 6.07) is 0. The van der Waals surface area contributed by atoms with Crippen molar-refractivity contribution in [3.8, 4) is 0 Å². The summed E-state index contributed by atoms with van der Waals surface area (Å²) in [5.41, 5.74) is 0. The van der Waals surface area contributed by atoms with Gasteiger partial charge in [0.15, 0.2) is 0 Å². The molecule has 0 amide bonds. The number of halogens is 3. The summed E-state index contributed by atoms with van der Waals surface area (Å²) in [6.45, 7) is 0. The SMILES string of the molecule is Cl[I-]I.[Ag]. The average molecular weight is 397 g/mol. The molecule has 0 rings (SSSR count). The summed E-state index contributed by atoms with van der Waals surface area (Å²) in [6.07, 6.45) is 0. The van der Waals surface area contributed by atoms with Crippen molar-refractivity contribution in [2.45, 2.75) is 0 Å². The first-order chi connectivity index (χ1) is 1.41. The monoisotopic (exact) mass is 396 g/mol. The van der Waals surface area contributed by atoms with E-state index < -0.39 is 0 Å². The van der Waals surface area contributed by atoms with E-state index >= 15 is 0 Å². The van der Waals surface area contributed by atoms with Crippen LogP contribution < -0.4 is 16.1 Å². The van der Waals surface area contributed by atoms with E-state index in [0.717, 1.165) is 0 Å². The Morgan fingerprint density at radius 1 is 1.75 bits per heavy atom. The second-order valence-electron chi connectivity index (χ2n) is 0.0540. The van der Waals surface area contributed by atoms with Crippen LogP contribution in [0, 0.1) is 0 Å². The van der Waals surface area contributed by atoms with Crippen molar-refractivity contribution in [1.29, 1.82) is 0 Å². The van der Waals surface area contributed by atoms with Gasteiger partial charge in [-0.3, -0.25) is 0 Å². The fourth-order valence-electron chi connectivity index (χ4n) is 0. The standard InChI is InChI=1S/Ag.ClI2/c;1-3-2/q;-1. The van der Waals surface area contributed by atoms with Crippen LogP contribution in [0.25, 0.3) is 0 Å². The zero-order chi connectivity index (χ0) is 2.71. The van der Waals surface area contributed by atoms with E-state index in [1.165, 1.54) is 0 Å². The topological polar surface area (TPSA) is 0 Å². The molecule has 0 saturated carbocycles. The van der Waals surface area contributed by atoms with Crippen LogP contribution in [-0.2, 0) is 22.4 Å². The minimum absolute atomic E-state index is 0. The van der Waals surface area contributed by atoms with Gasteiger partial charge >= 0.3 is 43.6 Å². The Bertz CT molecular complexity index is 6.00. The zero-order valence-electron chi connectivity index (χ0n) is 1.44. The van der Waals surface area contributed by atoms with Gasteiger partial charge in [-0.2, -0.15) is 0 Å². The Morgan fingerprint density at radius 2 is 1.75 bits per heavy atom. The average Bonchev–Trinajstić information content (AvgIpc) is 0.918. The van der Waals surface area contributed by atoms with Crippen molar-refractivity contribution < 1.29 is 38.5 Å². The Labute approximate surface area is 64.7 Å². The van der Waals surface area contributed by atoms with Gasteiger partial charge in [0.1, 0.15) is 0 Å². The van der Waals surface area contributed by atoms with Crippen molar-refractivity contribution >= 4 is 27.5 Å². The zero-order valence-corrected chi connectivity index (χ0v) is 7.99. The molecule has 0 aliphatic rings. The maximum atomic E-state index is 5.10. The van der Waals surface area contributed by atoms with Crippen molar-refractivity contribution in [2.24, 2.45) is 0 Å². The molecule has 0 saturated heterocycles. The summed E-state index contributed by atoms with van der Waals surface area (Å²) in [4.78, 5) is 0. The molecule has 0 unspecified atom stereocenters. The first kappa shape index (κ1) is 9.70. The molecular weight excluding hydrogens is 397 g/mol. The van der Waals surface area contributed by atoms with E-state index in [1.807, 2.05) is 0 Å². The van der Waals surface area contributed by atoms with Crippen molar-refractivity contribution in [3.05, 3.63) is 0 Å². The van der Waals surface area contributed by atoms with Gasteiger partial charge in [-0.25, -0.2) is 0 Å². The van der Waals surface area contributed by atoms with Crippen LogP contribution in [0.15, 0.2) is 0 Å². The Kier molecular flexibility index (Phi) is 22.0. The summed E-state index contributed by atoms with van der Waals surface area (Å²) < 4.78 is 0. The maximum Gasteiger partial charge on any atom is 0 e.